The number of amides is 1. The normalized spacial score (nSPS) is 12.9. The van der Waals surface area contributed by atoms with Crippen LogP contribution in [0.4, 0.5) is 0 Å². The average Bonchev–Trinajstić information content (AvgIpc) is 2.37. The quantitative estimate of drug-likeness (QED) is 0.680. The lowest BCUT2D eigenvalue weighted by atomic mass is 10.1. The first kappa shape index (κ1) is 17.1. The molecular weight excluding hydrogens is 296 g/mol. The van der Waals surface area contributed by atoms with Crippen LogP contribution in [0.25, 0.3) is 0 Å². The number of carbonyl (C=O) groups is 2. The van der Waals surface area contributed by atoms with Gasteiger partial charge in [0.15, 0.2) is 0 Å². The van der Waals surface area contributed by atoms with Crippen LogP contribution in [0.3, 0.4) is 0 Å². The Balaban J connectivity index is 3.16. The van der Waals surface area contributed by atoms with Crippen LogP contribution in [0.1, 0.15) is 35.7 Å². The zero-order chi connectivity index (χ0) is 16.2. The fraction of sp³-hybridized carbons (Fsp3) is 0.385. The highest BCUT2D eigenvalue weighted by Crippen LogP contribution is 2.16. The Hall–Kier alpha value is -1.93. The summed E-state index contributed by atoms with van der Waals surface area (Å²) in [6, 6.07) is 2.68. The van der Waals surface area contributed by atoms with E-state index in [4.69, 9.17) is 10.8 Å². The number of primary amides is 1. The largest absolute Gasteiger partial charge is 0.480 e. The second kappa shape index (κ2) is 6.68. The summed E-state index contributed by atoms with van der Waals surface area (Å²) in [6.07, 6.45) is 0.684. The van der Waals surface area contributed by atoms with Crippen LogP contribution >= 0.6 is 0 Å². The topological polar surface area (TPSA) is 127 Å². The van der Waals surface area contributed by atoms with Gasteiger partial charge in [0.1, 0.15) is 6.04 Å². The molecule has 21 heavy (non-hydrogen) atoms. The number of hydrogen-bond donors (Lipinski definition) is 3. The van der Waals surface area contributed by atoms with Crippen molar-refractivity contribution < 1.29 is 23.1 Å². The van der Waals surface area contributed by atoms with E-state index in [-0.39, 0.29) is 16.9 Å². The van der Waals surface area contributed by atoms with Crippen molar-refractivity contribution in [3.63, 3.8) is 0 Å². The van der Waals surface area contributed by atoms with Crippen molar-refractivity contribution in [2.24, 2.45) is 5.73 Å². The van der Waals surface area contributed by atoms with E-state index < -0.39 is 27.9 Å². The third-order valence-corrected chi connectivity index (χ3v) is 4.43. The molecule has 0 aliphatic heterocycles. The monoisotopic (exact) mass is 314 g/mol. The molecule has 8 heteroatoms. The van der Waals surface area contributed by atoms with Crippen LogP contribution in [0, 0.1) is 6.92 Å². The van der Waals surface area contributed by atoms with Gasteiger partial charge in [-0.3, -0.25) is 9.59 Å². The fourth-order valence-corrected chi connectivity index (χ4v) is 3.06. The first-order chi connectivity index (χ1) is 9.69. The van der Waals surface area contributed by atoms with Crippen molar-refractivity contribution in [1.29, 1.82) is 0 Å². The molecule has 0 saturated heterocycles. The van der Waals surface area contributed by atoms with Gasteiger partial charge < -0.3 is 10.8 Å². The molecule has 0 saturated carbocycles. The van der Waals surface area contributed by atoms with E-state index >= 15 is 0 Å². The highest BCUT2D eigenvalue weighted by atomic mass is 32.2. The van der Waals surface area contributed by atoms with Gasteiger partial charge in [0, 0.05) is 5.56 Å². The summed E-state index contributed by atoms with van der Waals surface area (Å²) in [6.45, 7) is 3.38. The molecule has 0 bridgehead atoms. The highest BCUT2D eigenvalue weighted by molar-refractivity contribution is 7.89. The number of nitrogens with two attached hydrogens (primary N) is 1. The Labute approximate surface area is 123 Å². The summed E-state index contributed by atoms with van der Waals surface area (Å²) >= 11 is 0. The SMILES string of the molecule is CCC[C@@H](NS(=O)(=O)c1ccc(C)c(C(N)=O)c1)C(=O)O. The predicted octanol–water partition coefficient (Wildman–Crippen LogP) is 0.626. The molecular formula is C13H18N2O5S. The minimum atomic E-state index is -4.04. The molecule has 116 valence electrons. The van der Waals surface area contributed by atoms with Crippen LogP contribution in [-0.2, 0) is 14.8 Å². The van der Waals surface area contributed by atoms with Gasteiger partial charge in [-0.05, 0) is 31.0 Å². The number of nitrogens with one attached hydrogen (secondary N) is 1. The predicted molar refractivity (Wildman–Crippen MR) is 76.4 cm³/mol. The van der Waals surface area contributed by atoms with Crippen LogP contribution < -0.4 is 10.5 Å². The Morgan fingerprint density at radius 3 is 2.48 bits per heavy atom. The molecule has 1 amide bonds. The van der Waals surface area contributed by atoms with Crippen molar-refractivity contribution in [2.75, 3.05) is 0 Å². The average molecular weight is 314 g/mol. The maximum absolute atomic E-state index is 12.2. The van der Waals surface area contributed by atoms with Crippen molar-refractivity contribution in [3.8, 4) is 0 Å². The van der Waals surface area contributed by atoms with E-state index in [0.717, 1.165) is 6.07 Å². The van der Waals surface area contributed by atoms with Gasteiger partial charge in [-0.15, -0.1) is 0 Å². The standard InChI is InChI=1S/C13H18N2O5S/c1-3-4-11(13(17)18)15-21(19,20)9-6-5-8(2)10(7-9)12(14)16/h5-7,11,15H,3-4H2,1-2H3,(H2,14,16)(H,17,18)/t11-/m1/s1. The summed E-state index contributed by atoms with van der Waals surface area (Å²) in [7, 11) is -4.04. The van der Waals surface area contributed by atoms with Gasteiger partial charge in [-0.25, -0.2) is 8.42 Å². The van der Waals surface area contributed by atoms with Crippen molar-refractivity contribution in [3.05, 3.63) is 29.3 Å². The molecule has 1 atom stereocenters. The van der Waals surface area contributed by atoms with Gasteiger partial charge >= 0.3 is 5.97 Å². The second-order valence-electron chi connectivity index (χ2n) is 4.64. The molecule has 0 radical (unpaired) electrons. The van der Waals surface area contributed by atoms with E-state index in [1.165, 1.54) is 12.1 Å². The molecule has 0 aromatic heterocycles. The van der Waals surface area contributed by atoms with E-state index in [0.29, 0.717) is 12.0 Å². The minimum absolute atomic E-state index is 0.0836. The Morgan fingerprint density at radius 2 is 2.00 bits per heavy atom. The lowest BCUT2D eigenvalue weighted by Gasteiger charge is -2.14. The number of aliphatic carboxylic acids is 1. The highest BCUT2D eigenvalue weighted by Gasteiger charge is 2.25. The second-order valence-corrected chi connectivity index (χ2v) is 6.36. The lowest BCUT2D eigenvalue weighted by Crippen LogP contribution is -2.40. The minimum Gasteiger partial charge on any atom is -0.480 e. The molecule has 0 fully saturated rings. The van der Waals surface area contributed by atoms with E-state index in [1.807, 2.05) is 0 Å². The summed E-state index contributed by atoms with van der Waals surface area (Å²) in [5, 5.41) is 9.00. The molecule has 1 aromatic carbocycles. The first-order valence-electron chi connectivity index (χ1n) is 6.34. The molecule has 7 nitrogen and oxygen atoms in total. The van der Waals surface area contributed by atoms with E-state index in [2.05, 4.69) is 4.72 Å². The number of sulfonamides is 1. The van der Waals surface area contributed by atoms with Gasteiger partial charge in [0.05, 0.1) is 4.90 Å². The molecule has 0 spiro atoms. The van der Waals surface area contributed by atoms with Crippen molar-refractivity contribution in [1.82, 2.24) is 4.72 Å². The number of carbonyl (C=O) groups excluding carboxylic acids is 1. The van der Waals surface area contributed by atoms with E-state index in [9.17, 15) is 18.0 Å². The summed E-state index contributed by atoms with van der Waals surface area (Å²) in [5.41, 5.74) is 5.81. The number of hydrogen-bond acceptors (Lipinski definition) is 4. The summed E-state index contributed by atoms with van der Waals surface area (Å²) < 4.78 is 26.5. The van der Waals surface area contributed by atoms with Gasteiger partial charge in [0.2, 0.25) is 15.9 Å². The number of carboxylic acids is 1. The molecule has 1 rings (SSSR count). The van der Waals surface area contributed by atoms with Crippen LogP contribution in [0.5, 0.6) is 0 Å². The van der Waals surface area contributed by atoms with Crippen LogP contribution in [0.15, 0.2) is 23.1 Å². The van der Waals surface area contributed by atoms with Crippen LogP contribution in [0.2, 0.25) is 0 Å². The number of aryl methyl sites for hydroxylation is 1. The molecule has 0 unspecified atom stereocenters. The molecule has 1 aromatic rings. The zero-order valence-electron chi connectivity index (χ0n) is 11.8. The number of rotatable bonds is 7. The summed E-state index contributed by atoms with van der Waals surface area (Å²) in [5.74, 6) is -1.99. The van der Waals surface area contributed by atoms with Crippen molar-refractivity contribution >= 4 is 21.9 Å². The number of carboxylic acid groups (broad SMARTS) is 1. The Morgan fingerprint density at radius 1 is 1.38 bits per heavy atom. The first-order valence-corrected chi connectivity index (χ1v) is 7.83. The van der Waals surface area contributed by atoms with Crippen LogP contribution in [-0.4, -0.2) is 31.4 Å². The van der Waals surface area contributed by atoms with Gasteiger partial charge in [0.25, 0.3) is 0 Å². The lowest BCUT2D eigenvalue weighted by molar-refractivity contribution is -0.139. The van der Waals surface area contributed by atoms with E-state index in [1.54, 1.807) is 13.8 Å². The Kier molecular flexibility index (Phi) is 5.45. The maximum atomic E-state index is 12.2. The van der Waals surface area contributed by atoms with Gasteiger partial charge in [-0.1, -0.05) is 19.4 Å². The van der Waals surface area contributed by atoms with Gasteiger partial charge in [-0.2, -0.15) is 4.72 Å². The fourth-order valence-electron chi connectivity index (χ4n) is 1.81. The van der Waals surface area contributed by atoms with Crippen molar-refractivity contribution in [2.45, 2.75) is 37.6 Å². The maximum Gasteiger partial charge on any atom is 0.321 e. The third-order valence-electron chi connectivity index (χ3n) is 2.96. The molecule has 0 aliphatic rings. The smallest absolute Gasteiger partial charge is 0.321 e. The number of benzene rings is 1. The molecule has 4 N–H and O–H groups in total. The zero-order valence-corrected chi connectivity index (χ0v) is 12.6. The molecule has 0 heterocycles. The molecule has 0 aliphatic carbocycles. The third kappa shape index (κ3) is 4.27. The summed E-state index contributed by atoms with van der Waals surface area (Å²) in [4.78, 5) is 22.1. The Bertz CT molecular complexity index is 655.